The van der Waals surface area contributed by atoms with Gasteiger partial charge in [-0.05, 0) is 43.7 Å². The van der Waals surface area contributed by atoms with Crippen molar-refractivity contribution < 1.29 is 24.0 Å². The van der Waals surface area contributed by atoms with Gasteiger partial charge in [-0.25, -0.2) is 9.78 Å². The summed E-state index contributed by atoms with van der Waals surface area (Å²) in [5.74, 6) is -0.169. The molecule has 0 unspecified atom stereocenters. The lowest BCUT2D eigenvalue weighted by atomic mass is 9.99. The van der Waals surface area contributed by atoms with E-state index in [4.69, 9.17) is 15.2 Å². The second-order valence-electron chi connectivity index (χ2n) is 8.02. The number of nitrogens with two attached hydrogens (primary N) is 1. The number of aryl methyl sites for hydroxylation is 1. The first-order valence-electron chi connectivity index (χ1n) is 11.1. The molecular weight excluding hydrogens is 464 g/mol. The van der Waals surface area contributed by atoms with Crippen molar-refractivity contribution in [1.82, 2.24) is 4.98 Å². The van der Waals surface area contributed by atoms with Crippen molar-refractivity contribution in [2.24, 2.45) is 0 Å². The van der Waals surface area contributed by atoms with Crippen molar-refractivity contribution in [3.05, 3.63) is 86.6 Å². The summed E-state index contributed by atoms with van der Waals surface area (Å²) in [5.41, 5.74) is 8.05. The Morgan fingerprint density at radius 3 is 2.53 bits per heavy atom. The minimum absolute atomic E-state index is 0.0337. The third kappa shape index (κ3) is 4.36. The van der Waals surface area contributed by atoms with E-state index in [1.54, 1.807) is 45.2 Å². The summed E-state index contributed by atoms with van der Waals surface area (Å²) in [5, 5.41) is 11.6. The Morgan fingerprint density at radius 2 is 1.89 bits per heavy atom. The smallest absolute Gasteiger partial charge is 0.342 e. The molecule has 0 fully saturated rings. The highest BCUT2D eigenvalue weighted by Gasteiger charge is 2.38. The lowest BCUT2D eigenvalue weighted by Crippen LogP contribution is -2.26. The van der Waals surface area contributed by atoms with Gasteiger partial charge in [-0.2, -0.15) is 0 Å². The number of anilines is 2. The molecule has 0 spiro atoms. The van der Waals surface area contributed by atoms with Gasteiger partial charge in [0.15, 0.2) is 0 Å². The number of hydrogen-bond donors (Lipinski definition) is 1. The van der Waals surface area contributed by atoms with Gasteiger partial charge in [0, 0.05) is 6.07 Å². The largest absolute Gasteiger partial charge is 0.497 e. The van der Waals surface area contributed by atoms with Crippen molar-refractivity contribution in [3.8, 4) is 5.75 Å². The van der Waals surface area contributed by atoms with E-state index in [1.165, 1.54) is 23.1 Å². The fourth-order valence-electron chi connectivity index (χ4n) is 4.11. The summed E-state index contributed by atoms with van der Waals surface area (Å²) in [6, 6.07) is 13.2. The molecule has 0 aliphatic carbocycles. The van der Waals surface area contributed by atoms with Crippen LogP contribution in [0.2, 0.25) is 0 Å². The van der Waals surface area contributed by atoms with Gasteiger partial charge in [-0.3, -0.25) is 19.8 Å². The van der Waals surface area contributed by atoms with E-state index in [9.17, 15) is 19.7 Å². The molecule has 1 aromatic heterocycles. The second kappa shape index (κ2) is 9.87. The molecule has 36 heavy (non-hydrogen) atoms. The van der Waals surface area contributed by atoms with Gasteiger partial charge in [-0.15, -0.1) is 0 Å². The molecule has 0 bridgehead atoms. The van der Waals surface area contributed by atoms with Crippen molar-refractivity contribution in [1.29, 1.82) is 0 Å². The number of benzene rings is 2. The first-order chi connectivity index (χ1) is 17.3. The van der Waals surface area contributed by atoms with Gasteiger partial charge in [0.2, 0.25) is 0 Å². The maximum Gasteiger partial charge on any atom is 0.342 e. The molecule has 1 aliphatic rings. The number of nitro groups is 1. The number of para-hydroxylation sites is 1. The van der Waals surface area contributed by atoms with Crippen LogP contribution in [-0.4, -0.2) is 35.5 Å². The highest BCUT2D eigenvalue weighted by atomic mass is 16.6. The molecule has 1 amide bonds. The Bertz CT molecular complexity index is 1400. The van der Waals surface area contributed by atoms with Gasteiger partial charge in [0.05, 0.1) is 53.3 Å². The van der Waals surface area contributed by atoms with Gasteiger partial charge in [0.25, 0.3) is 11.6 Å². The number of hydrogen-bond acceptors (Lipinski definition) is 8. The molecular formula is C26H24N4O6. The van der Waals surface area contributed by atoms with E-state index in [0.29, 0.717) is 11.4 Å². The normalized spacial score (nSPS) is 13.6. The number of nitrogen functional groups attached to an aromatic ring is 1. The van der Waals surface area contributed by atoms with Crippen molar-refractivity contribution >= 4 is 40.7 Å². The Balaban J connectivity index is 1.91. The summed E-state index contributed by atoms with van der Waals surface area (Å²) in [7, 11) is 1.56. The van der Waals surface area contributed by atoms with Crippen molar-refractivity contribution in [3.63, 3.8) is 0 Å². The van der Waals surface area contributed by atoms with Gasteiger partial charge in [0.1, 0.15) is 17.1 Å². The molecule has 0 radical (unpaired) electrons. The van der Waals surface area contributed by atoms with Gasteiger partial charge >= 0.3 is 5.97 Å². The molecule has 2 N–H and O–H groups in total. The number of nitro benzene ring substituents is 1. The molecule has 0 saturated carbocycles. The number of ether oxygens (including phenoxy) is 2. The molecule has 10 nitrogen and oxygen atoms in total. The van der Waals surface area contributed by atoms with E-state index < -0.39 is 16.8 Å². The predicted molar refractivity (Wildman–Crippen MR) is 134 cm³/mol. The quantitative estimate of drug-likeness (QED) is 0.226. The maximum absolute atomic E-state index is 13.7. The molecule has 1 aliphatic heterocycles. The Hall–Kier alpha value is -4.73. The molecule has 2 heterocycles. The third-order valence-electron chi connectivity index (χ3n) is 5.81. The van der Waals surface area contributed by atoms with Crippen molar-refractivity contribution in [2.45, 2.75) is 20.4 Å². The van der Waals surface area contributed by atoms with Crippen LogP contribution in [-0.2, 0) is 16.1 Å². The number of nitrogens with zero attached hydrogens (tertiary/aromatic N) is 3. The zero-order valence-corrected chi connectivity index (χ0v) is 20.0. The van der Waals surface area contributed by atoms with Crippen LogP contribution in [0.3, 0.4) is 0 Å². The Kier molecular flexibility index (Phi) is 6.69. The molecule has 4 rings (SSSR count). The molecule has 10 heteroatoms. The minimum Gasteiger partial charge on any atom is -0.497 e. The van der Waals surface area contributed by atoms with Crippen LogP contribution in [0, 0.1) is 17.0 Å². The average Bonchev–Trinajstić information content (AvgIpc) is 3.10. The Labute approximate surface area is 207 Å². The second-order valence-corrected chi connectivity index (χ2v) is 8.02. The number of rotatable bonds is 7. The molecule has 2 aromatic carbocycles. The van der Waals surface area contributed by atoms with E-state index >= 15 is 0 Å². The first kappa shape index (κ1) is 24.4. The van der Waals surface area contributed by atoms with Gasteiger partial charge < -0.3 is 15.2 Å². The summed E-state index contributed by atoms with van der Waals surface area (Å²) in [6.07, 6.45) is 1.41. The highest BCUT2D eigenvalue weighted by Crippen LogP contribution is 2.43. The van der Waals surface area contributed by atoms with Crippen LogP contribution in [0.5, 0.6) is 5.75 Å². The third-order valence-corrected chi connectivity index (χ3v) is 5.81. The SMILES string of the molecule is CCOC(=O)c1c(C)nc2c(c1N)/C(=C/c1ccccc1[N+](=O)[O-])C(=O)N2Cc1ccc(OC)cc1. The number of pyridine rings is 1. The lowest BCUT2D eigenvalue weighted by molar-refractivity contribution is -0.385. The molecule has 184 valence electrons. The molecule has 0 saturated heterocycles. The predicted octanol–water partition coefficient (Wildman–Crippen LogP) is 4.15. The van der Waals surface area contributed by atoms with Gasteiger partial charge in [-0.1, -0.05) is 24.3 Å². The minimum atomic E-state index is -0.658. The highest BCUT2D eigenvalue weighted by molar-refractivity contribution is 6.37. The number of esters is 1. The number of fused-ring (bicyclic) bond motifs is 1. The monoisotopic (exact) mass is 488 g/mol. The number of amides is 1. The standard InChI is InChI=1S/C26H24N4O6/c1-4-36-26(32)21-15(2)28-24-22(23(21)27)19(13-17-7-5-6-8-20(17)30(33)34)25(31)29(24)14-16-9-11-18(35-3)12-10-16/h5-13H,4,14H2,1-3H3,(H2,27,28)/b19-13-. The van der Waals surface area contributed by atoms with E-state index in [2.05, 4.69) is 4.98 Å². The number of methoxy groups -OCH3 is 1. The molecule has 3 aromatic rings. The van der Waals surface area contributed by atoms with E-state index in [-0.39, 0.29) is 52.6 Å². The summed E-state index contributed by atoms with van der Waals surface area (Å²) in [4.78, 5) is 43.4. The summed E-state index contributed by atoms with van der Waals surface area (Å²) >= 11 is 0. The van der Waals surface area contributed by atoms with Crippen LogP contribution in [0.4, 0.5) is 17.2 Å². The van der Waals surface area contributed by atoms with Crippen LogP contribution in [0.15, 0.2) is 48.5 Å². The van der Waals surface area contributed by atoms with Crippen molar-refractivity contribution in [2.75, 3.05) is 24.4 Å². The Morgan fingerprint density at radius 1 is 1.19 bits per heavy atom. The average molecular weight is 489 g/mol. The summed E-state index contributed by atoms with van der Waals surface area (Å²) < 4.78 is 10.3. The molecule has 0 atom stereocenters. The van der Waals surface area contributed by atoms with Crippen LogP contribution in [0.1, 0.15) is 39.7 Å². The summed E-state index contributed by atoms with van der Waals surface area (Å²) in [6.45, 7) is 3.58. The fourth-order valence-corrected chi connectivity index (χ4v) is 4.11. The van der Waals surface area contributed by atoms with Crippen LogP contribution >= 0.6 is 0 Å². The number of aromatic nitrogens is 1. The zero-order chi connectivity index (χ0) is 26.0. The maximum atomic E-state index is 13.7. The number of carbonyl (C=O) groups is 2. The first-order valence-corrected chi connectivity index (χ1v) is 11.1. The van der Waals surface area contributed by atoms with Crippen LogP contribution in [0.25, 0.3) is 11.6 Å². The fraction of sp³-hybridized carbons (Fsp3) is 0.192. The van der Waals surface area contributed by atoms with Crippen LogP contribution < -0.4 is 15.4 Å². The van der Waals surface area contributed by atoms with E-state index in [1.807, 2.05) is 12.1 Å². The lowest BCUT2D eigenvalue weighted by Gasteiger charge is -2.18. The topological polar surface area (TPSA) is 138 Å². The van der Waals surface area contributed by atoms with E-state index in [0.717, 1.165) is 5.56 Å². The number of carbonyl (C=O) groups excluding carboxylic acids is 2. The zero-order valence-electron chi connectivity index (χ0n) is 20.0.